The van der Waals surface area contributed by atoms with E-state index in [0.717, 1.165) is 30.4 Å². The highest BCUT2D eigenvalue weighted by Crippen LogP contribution is 2.18. The van der Waals surface area contributed by atoms with Crippen LogP contribution in [0, 0.1) is 5.92 Å². The van der Waals surface area contributed by atoms with Crippen LogP contribution in [0.2, 0.25) is 0 Å². The first kappa shape index (κ1) is 16.7. The van der Waals surface area contributed by atoms with Crippen LogP contribution < -0.4 is 10.0 Å². The van der Waals surface area contributed by atoms with Gasteiger partial charge in [-0.05, 0) is 37.4 Å². The molecule has 1 aliphatic carbocycles. The van der Waals surface area contributed by atoms with Crippen molar-refractivity contribution in [2.45, 2.75) is 31.6 Å². The Balaban J connectivity index is 1.86. The van der Waals surface area contributed by atoms with Gasteiger partial charge in [-0.25, -0.2) is 13.1 Å². The average Bonchev–Trinajstić information content (AvgIpc) is 2.54. The molecule has 6 heteroatoms. The van der Waals surface area contributed by atoms with Crippen molar-refractivity contribution in [3.63, 3.8) is 0 Å². The van der Waals surface area contributed by atoms with Crippen molar-refractivity contribution >= 4 is 15.9 Å². The molecule has 0 radical (unpaired) electrons. The fourth-order valence-corrected chi connectivity index (χ4v) is 3.19. The summed E-state index contributed by atoms with van der Waals surface area (Å²) in [6, 6.07) is 7.25. The molecule has 0 aromatic heterocycles. The molecule has 0 fully saturated rings. The molecule has 0 bridgehead atoms. The number of carbonyl (C=O) groups is 1. The van der Waals surface area contributed by atoms with Crippen LogP contribution >= 0.6 is 0 Å². The van der Waals surface area contributed by atoms with Crippen molar-refractivity contribution in [1.82, 2.24) is 10.0 Å². The lowest BCUT2D eigenvalue weighted by atomic mass is 9.93. The van der Waals surface area contributed by atoms with Crippen molar-refractivity contribution in [2.75, 3.05) is 7.05 Å². The molecule has 120 valence electrons. The number of allylic oxidation sites excluding steroid dienone is 2. The normalized spacial score (nSPS) is 18.1. The van der Waals surface area contributed by atoms with Gasteiger partial charge in [0, 0.05) is 12.5 Å². The molecule has 0 aliphatic heterocycles. The zero-order valence-electron chi connectivity index (χ0n) is 12.7. The molecule has 0 saturated heterocycles. The summed E-state index contributed by atoms with van der Waals surface area (Å²) in [5.74, 6) is 0.126. The summed E-state index contributed by atoms with van der Waals surface area (Å²) in [4.78, 5) is 12.0. The lowest BCUT2D eigenvalue weighted by molar-refractivity contribution is -0.125. The number of amides is 1. The van der Waals surface area contributed by atoms with E-state index in [1.165, 1.54) is 7.05 Å². The molecular formula is C16H22N2O3S. The number of benzene rings is 1. The van der Waals surface area contributed by atoms with E-state index < -0.39 is 10.0 Å². The SMILES string of the molecule is CNS(=O)(=O)Cc1ccc(CNC(=O)C2CC=CCC2)cc1. The zero-order chi connectivity index (χ0) is 16.0. The fourth-order valence-electron chi connectivity index (χ4n) is 2.41. The molecule has 1 atom stereocenters. The number of carbonyl (C=O) groups excluding carboxylic acids is 1. The lowest BCUT2D eigenvalue weighted by Crippen LogP contribution is -2.30. The van der Waals surface area contributed by atoms with Crippen LogP contribution in [-0.2, 0) is 27.1 Å². The van der Waals surface area contributed by atoms with Gasteiger partial charge in [0.05, 0.1) is 5.75 Å². The largest absolute Gasteiger partial charge is 0.352 e. The maximum absolute atomic E-state index is 12.0. The predicted molar refractivity (Wildman–Crippen MR) is 86.5 cm³/mol. The van der Waals surface area contributed by atoms with Gasteiger partial charge in [0.1, 0.15) is 0 Å². The van der Waals surface area contributed by atoms with E-state index in [0.29, 0.717) is 6.54 Å². The van der Waals surface area contributed by atoms with Gasteiger partial charge in [-0.15, -0.1) is 0 Å². The van der Waals surface area contributed by atoms with E-state index in [4.69, 9.17) is 0 Å². The van der Waals surface area contributed by atoms with E-state index in [1.807, 2.05) is 12.1 Å². The minimum atomic E-state index is -3.25. The molecular weight excluding hydrogens is 300 g/mol. The molecule has 1 aromatic carbocycles. The van der Waals surface area contributed by atoms with Crippen LogP contribution in [0.25, 0.3) is 0 Å². The van der Waals surface area contributed by atoms with Gasteiger partial charge in [0.25, 0.3) is 0 Å². The van der Waals surface area contributed by atoms with Gasteiger partial charge in [0.15, 0.2) is 0 Å². The third-order valence-electron chi connectivity index (χ3n) is 3.80. The molecule has 1 aromatic rings. The monoisotopic (exact) mass is 322 g/mol. The Bertz CT molecular complexity index is 636. The van der Waals surface area contributed by atoms with Crippen LogP contribution in [0.4, 0.5) is 0 Å². The molecule has 1 aliphatic rings. The molecule has 0 heterocycles. The quantitative estimate of drug-likeness (QED) is 0.783. The van der Waals surface area contributed by atoms with Crippen molar-refractivity contribution in [3.05, 3.63) is 47.5 Å². The zero-order valence-corrected chi connectivity index (χ0v) is 13.5. The maximum Gasteiger partial charge on any atom is 0.223 e. The van der Waals surface area contributed by atoms with Gasteiger partial charge in [-0.1, -0.05) is 36.4 Å². The smallest absolute Gasteiger partial charge is 0.223 e. The minimum Gasteiger partial charge on any atom is -0.352 e. The maximum atomic E-state index is 12.0. The second kappa shape index (κ2) is 7.56. The van der Waals surface area contributed by atoms with Gasteiger partial charge in [-0.3, -0.25) is 4.79 Å². The Morgan fingerprint density at radius 3 is 2.45 bits per heavy atom. The van der Waals surface area contributed by atoms with Crippen LogP contribution in [0.1, 0.15) is 30.4 Å². The molecule has 1 amide bonds. The lowest BCUT2D eigenvalue weighted by Gasteiger charge is -2.17. The van der Waals surface area contributed by atoms with Crippen molar-refractivity contribution in [3.8, 4) is 0 Å². The highest BCUT2D eigenvalue weighted by atomic mass is 32.2. The first-order valence-corrected chi connectivity index (χ1v) is 9.07. The molecule has 0 spiro atoms. The van der Waals surface area contributed by atoms with Crippen LogP contribution in [0.3, 0.4) is 0 Å². The number of sulfonamides is 1. The molecule has 5 nitrogen and oxygen atoms in total. The molecule has 2 rings (SSSR count). The third kappa shape index (κ3) is 4.96. The molecule has 0 saturated carbocycles. The van der Waals surface area contributed by atoms with Crippen LogP contribution in [0.15, 0.2) is 36.4 Å². The van der Waals surface area contributed by atoms with Gasteiger partial charge < -0.3 is 5.32 Å². The van der Waals surface area contributed by atoms with E-state index >= 15 is 0 Å². The summed E-state index contributed by atoms with van der Waals surface area (Å²) in [6.45, 7) is 0.470. The Morgan fingerprint density at radius 1 is 1.18 bits per heavy atom. The number of nitrogens with one attached hydrogen (secondary N) is 2. The summed E-state index contributed by atoms with van der Waals surface area (Å²) >= 11 is 0. The predicted octanol–water partition coefficient (Wildman–Crippen LogP) is 1.71. The highest BCUT2D eigenvalue weighted by molar-refractivity contribution is 7.88. The second-order valence-electron chi connectivity index (χ2n) is 5.48. The highest BCUT2D eigenvalue weighted by Gasteiger charge is 2.18. The Kier molecular flexibility index (Phi) is 5.74. The van der Waals surface area contributed by atoms with Crippen molar-refractivity contribution < 1.29 is 13.2 Å². The minimum absolute atomic E-state index is 0.0372. The summed E-state index contributed by atoms with van der Waals surface area (Å²) in [5.41, 5.74) is 1.69. The first-order chi connectivity index (χ1) is 10.5. The Morgan fingerprint density at radius 2 is 1.86 bits per heavy atom. The number of hydrogen-bond acceptors (Lipinski definition) is 3. The third-order valence-corrected chi connectivity index (χ3v) is 5.13. The fraction of sp³-hybridized carbons (Fsp3) is 0.438. The Labute approximate surface area is 131 Å². The van der Waals surface area contributed by atoms with Crippen LogP contribution in [-0.4, -0.2) is 21.4 Å². The summed E-state index contributed by atoms with van der Waals surface area (Å²) in [5, 5.41) is 2.94. The van der Waals surface area contributed by atoms with E-state index in [-0.39, 0.29) is 17.6 Å². The molecule has 1 unspecified atom stereocenters. The summed E-state index contributed by atoms with van der Waals surface area (Å²) in [7, 11) is -1.85. The standard InChI is InChI=1S/C16H22N2O3S/c1-17-22(20,21)12-14-9-7-13(8-10-14)11-18-16(19)15-5-3-2-4-6-15/h2-3,7-10,15,17H,4-6,11-12H2,1H3,(H,18,19). The summed E-state index contributed by atoms with van der Waals surface area (Å²) < 4.78 is 25.2. The van der Waals surface area contributed by atoms with Crippen molar-refractivity contribution in [2.24, 2.45) is 5.92 Å². The number of hydrogen-bond donors (Lipinski definition) is 2. The Hall–Kier alpha value is -1.66. The van der Waals surface area contributed by atoms with E-state index in [2.05, 4.69) is 22.2 Å². The van der Waals surface area contributed by atoms with Crippen molar-refractivity contribution in [1.29, 1.82) is 0 Å². The van der Waals surface area contributed by atoms with Gasteiger partial charge in [0.2, 0.25) is 15.9 Å². The number of rotatable bonds is 6. The average molecular weight is 322 g/mol. The van der Waals surface area contributed by atoms with E-state index in [1.54, 1.807) is 12.1 Å². The molecule has 2 N–H and O–H groups in total. The molecule has 22 heavy (non-hydrogen) atoms. The van der Waals surface area contributed by atoms with Crippen LogP contribution in [0.5, 0.6) is 0 Å². The first-order valence-electron chi connectivity index (χ1n) is 7.42. The second-order valence-corrected chi connectivity index (χ2v) is 7.41. The summed E-state index contributed by atoms with van der Waals surface area (Å²) in [6.07, 6.45) is 6.86. The van der Waals surface area contributed by atoms with Gasteiger partial charge in [-0.2, -0.15) is 0 Å². The van der Waals surface area contributed by atoms with E-state index in [9.17, 15) is 13.2 Å². The van der Waals surface area contributed by atoms with Gasteiger partial charge >= 0.3 is 0 Å². The topological polar surface area (TPSA) is 75.3 Å².